The quantitative estimate of drug-likeness (QED) is 0.899. The largest absolute Gasteiger partial charge is 0.444 e. The number of nitrogens with zero attached hydrogens (tertiary/aromatic N) is 3. The standard InChI is InChI=1S/C13H17BrN4O2/c1-15-6-9-4-5-18(7-9)8-12-16-17-13(20-12)10-2-3-11(14)19-10/h2-3,9,15H,4-8H2,1H3. The van der Waals surface area contributed by atoms with E-state index in [-0.39, 0.29) is 0 Å². The second-order valence-corrected chi connectivity index (χ2v) is 5.83. The van der Waals surface area contributed by atoms with Gasteiger partial charge in [-0.2, -0.15) is 0 Å². The molecule has 6 nitrogen and oxygen atoms in total. The second-order valence-electron chi connectivity index (χ2n) is 5.05. The van der Waals surface area contributed by atoms with Crippen molar-refractivity contribution >= 4 is 15.9 Å². The number of aromatic nitrogens is 2. The van der Waals surface area contributed by atoms with E-state index in [1.807, 2.05) is 13.1 Å². The summed E-state index contributed by atoms with van der Waals surface area (Å²) in [5.74, 6) is 2.36. The lowest BCUT2D eigenvalue weighted by Gasteiger charge is -2.13. The minimum Gasteiger partial charge on any atom is -0.444 e. The van der Waals surface area contributed by atoms with Crippen LogP contribution in [0.2, 0.25) is 0 Å². The Hall–Kier alpha value is -1.18. The Kier molecular flexibility index (Phi) is 4.18. The zero-order chi connectivity index (χ0) is 13.9. The maximum absolute atomic E-state index is 5.65. The fourth-order valence-corrected chi connectivity index (χ4v) is 2.86. The van der Waals surface area contributed by atoms with E-state index in [4.69, 9.17) is 8.83 Å². The van der Waals surface area contributed by atoms with Crippen molar-refractivity contribution in [2.45, 2.75) is 13.0 Å². The molecule has 1 aliphatic heterocycles. The molecule has 3 heterocycles. The smallest absolute Gasteiger partial charge is 0.283 e. The summed E-state index contributed by atoms with van der Waals surface area (Å²) in [6, 6.07) is 3.61. The summed E-state index contributed by atoms with van der Waals surface area (Å²) in [5, 5.41) is 11.3. The van der Waals surface area contributed by atoms with Gasteiger partial charge in [-0.25, -0.2) is 0 Å². The molecule has 0 saturated carbocycles. The minimum absolute atomic E-state index is 0.427. The van der Waals surface area contributed by atoms with Crippen molar-refractivity contribution in [1.82, 2.24) is 20.4 Å². The van der Waals surface area contributed by atoms with Crippen LogP contribution in [0.15, 0.2) is 25.6 Å². The first-order chi connectivity index (χ1) is 9.74. The van der Waals surface area contributed by atoms with Crippen molar-refractivity contribution in [2.24, 2.45) is 5.92 Å². The lowest BCUT2D eigenvalue weighted by Crippen LogP contribution is -2.24. The summed E-state index contributed by atoms with van der Waals surface area (Å²) in [6.45, 7) is 3.92. The van der Waals surface area contributed by atoms with Gasteiger partial charge in [0.25, 0.3) is 5.89 Å². The molecule has 2 aromatic heterocycles. The van der Waals surface area contributed by atoms with Gasteiger partial charge in [-0.3, -0.25) is 4.90 Å². The molecule has 1 N–H and O–H groups in total. The molecular weight excluding hydrogens is 324 g/mol. The van der Waals surface area contributed by atoms with Crippen molar-refractivity contribution in [1.29, 1.82) is 0 Å². The highest BCUT2D eigenvalue weighted by atomic mass is 79.9. The molecule has 1 saturated heterocycles. The van der Waals surface area contributed by atoms with Gasteiger partial charge in [-0.1, -0.05) is 0 Å². The van der Waals surface area contributed by atoms with Crippen LogP contribution in [0.25, 0.3) is 11.7 Å². The first kappa shape index (κ1) is 13.8. The normalized spacial score (nSPS) is 19.8. The van der Waals surface area contributed by atoms with Crippen LogP contribution in [0, 0.1) is 5.92 Å². The molecule has 1 atom stereocenters. The third-order valence-corrected chi connectivity index (χ3v) is 3.90. The molecule has 7 heteroatoms. The zero-order valence-electron chi connectivity index (χ0n) is 11.3. The van der Waals surface area contributed by atoms with Crippen molar-refractivity contribution in [3.8, 4) is 11.7 Å². The van der Waals surface area contributed by atoms with Crippen LogP contribution in [0.5, 0.6) is 0 Å². The number of halogens is 1. The summed E-state index contributed by atoms with van der Waals surface area (Å²) in [4.78, 5) is 2.34. The predicted octanol–water partition coefficient (Wildman–Crippen LogP) is 2.13. The molecule has 0 amide bonds. The van der Waals surface area contributed by atoms with E-state index in [0.717, 1.165) is 19.6 Å². The topological polar surface area (TPSA) is 67.3 Å². The molecule has 1 aliphatic rings. The predicted molar refractivity (Wildman–Crippen MR) is 77.0 cm³/mol. The Morgan fingerprint density at radius 3 is 3.05 bits per heavy atom. The van der Waals surface area contributed by atoms with Crippen molar-refractivity contribution in [3.63, 3.8) is 0 Å². The lowest BCUT2D eigenvalue weighted by molar-refractivity contribution is 0.280. The van der Waals surface area contributed by atoms with E-state index in [1.54, 1.807) is 6.07 Å². The molecule has 0 aliphatic carbocycles. The van der Waals surface area contributed by atoms with Gasteiger partial charge in [0.15, 0.2) is 10.4 Å². The first-order valence-electron chi connectivity index (χ1n) is 6.69. The van der Waals surface area contributed by atoms with Gasteiger partial charge in [0, 0.05) is 6.54 Å². The molecule has 108 valence electrons. The van der Waals surface area contributed by atoms with Crippen LogP contribution < -0.4 is 5.32 Å². The average Bonchev–Trinajstić information content (AvgIpc) is 3.12. The van der Waals surface area contributed by atoms with E-state index in [9.17, 15) is 0 Å². The number of likely N-dealkylation sites (tertiary alicyclic amines) is 1. The number of hydrogen-bond acceptors (Lipinski definition) is 6. The monoisotopic (exact) mass is 340 g/mol. The molecule has 0 radical (unpaired) electrons. The molecule has 0 spiro atoms. The molecule has 3 rings (SSSR count). The van der Waals surface area contributed by atoms with Crippen LogP contribution in [-0.2, 0) is 6.54 Å². The van der Waals surface area contributed by atoms with Gasteiger partial charge < -0.3 is 14.2 Å². The van der Waals surface area contributed by atoms with Crippen molar-refractivity contribution in [3.05, 3.63) is 22.7 Å². The molecule has 1 unspecified atom stereocenters. The van der Waals surface area contributed by atoms with Crippen LogP contribution in [0.3, 0.4) is 0 Å². The number of furan rings is 1. The fraction of sp³-hybridized carbons (Fsp3) is 0.538. The fourth-order valence-electron chi connectivity index (χ4n) is 2.55. The highest BCUT2D eigenvalue weighted by Crippen LogP contribution is 2.24. The highest BCUT2D eigenvalue weighted by molar-refractivity contribution is 9.10. The highest BCUT2D eigenvalue weighted by Gasteiger charge is 2.23. The first-order valence-corrected chi connectivity index (χ1v) is 7.49. The maximum Gasteiger partial charge on any atom is 0.283 e. The van der Waals surface area contributed by atoms with Crippen LogP contribution in [-0.4, -0.2) is 41.8 Å². The second kappa shape index (κ2) is 6.07. The summed E-state index contributed by atoms with van der Waals surface area (Å²) < 4.78 is 11.7. The van der Waals surface area contributed by atoms with Gasteiger partial charge >= 0.3 is 0 Å². The Labute approximate surface area is 125 Å². The van der Waals surface area contributed by atoms with E-state index in [0.29, 0.717) is 34.7 Å². The van der Waals surface area contributed by atoms with Gasteiger partial charge in [0.1, 0.15) is 0 Å². The minimum atomic E-state index is 0.427. The molecular formula is C13H17BrN4O2. The summed E-state index contributed by atoms with van der Waals surface area (Å²) in [6.07, 6.45) is 1.22. The van der Waals surface area contributed by atoms with Gasteiger partial charge in [0.2, 0.25) is 5.89 Å². The lowest BCUT2D eigenvalue weighted by atomic mass is 10.1. The zero-order valence-corrected chi connectivity index (χ0v) is 12.9. The van der Waals surface area contributed by atoms with Crippen molar-refractivity contribution in [2.75, 3.05) is 26.7 Å². The van der Waals surface area contributed by atoms with Crippen LogP contribution in [0.4, 0.5) is 0 Å². The number of rotatable bonds is 5. The Bertz CT molecular complexity index is 568. The van der Waals surface area contributed by atoms with E-state index in [1.165, 1.54) is 6.42 Å². The summed E-state index contributed by atoms with van der Waals surface area (Å²) >= 11 is 3.26. The molecule has 1 fully saturated rings. The Balaban J connectivity index is 1.61. The number of nitrogens with one attached hydrogen (secondary N) is 1. The van der Waals surface area contributed by atoms with Gasteiger partial charge in [0.05, 0.1) is 6.54 Å². The molecule has 0 aromatic carbocycles. The van der Waals surface area contributed by atoms with Crippen molar-refractivity contribution < 1.29 is 8.83 Å². The van der Waals surface area contributed by atoms with E-state index < -0.39 is 0 Å². The average molecular weight is 341 g/mol. The maximum atomic E-state index is 5.65. The molecule has 20 heavy (non-hydrogen) atoms. The van der Waals surface area contributed by atoms with Gasteiger partial charge in [-0.15, -0.1) is 10.2 Å². The molecule has 2 aromatic rings. The Morgan fingerprint density at radius 1 is 1.40 bits per heavy atom. The van der Waals surface area contributed by atoms with E-state index >= 15 is 0 Å². The third-order valence-electron chi connectivity index (χ3n) is 3.47. The SMILES string of the molecule is CNCC1CCN(Cc2nnc(-c3ccc(Br)o3)o2)C1. The number of hydrogen-bond donors (Lipinski definition) is 1. The summed E-state index contributed by atoms with van der Waals surface area (Å²) in [5.41, 5.74) is 0. The van der Waals surface area contributed by atoms with Gasteiger partial charge in [-0.05, 0) is 60.5 Å². The Morgan fingerprint density at radius 2 is 2.30 bits per heavy atom. The summed E-state index contributed by atoms with van der Waals surface area (Å²) in [7, 11) is 1.99. The molecule has 0 bridgehead atoms. The van der Waals surface area contributed by atoms with Crippen LogP contribution in [0.1, 0.15) is 12.3 Å². The van der Waals surface area contributed by atoms with Crippen LogP contribution >= 0.6 is 15.9 Å². The van der Waals surface area contributed by atoms with E-state index in [2.05, 4.69) is 36.3 Å². The third kappa shape index (κ3) is 3.11.